The van der Waals surface area contributed by atoms with Crippen molar-refractivity contribution in [3.05, 3.63) is 95.8 Å². The van der Waals surface area contributed by atoms with Gasteiger partial charge < -0.3 is 14.6 Å². The fourth-order valence-corrected chi connectivity index (χ4v) is 4.39. The van der Waals surface area contributed by atoms with E-state index in [1.165, 1.54) is 11.1 Å². The highest BCUT2D eigenvalue weighted by molar-refractivity contribution is 5.78. The Bertz CT molecular complexity index is 1200. The quantitative estimate of drug-likeness (QED) is 0.294. The molecule has 34 heavy (non-hydrogen) atoms. The van der Waals surface area contributed by atoms with Gasteiger partial charge >= 0.3 is 0 Å². The Labute approximate surface area is 201 Å². The molecule has 1 aromatic heterocycles. The molecule has 5 nitrogen and oxygen atoms in total. The number of benzene rings is 3. The first-order chi connectivity index (χ1) is 16.7. The average molecular weight is 456 g/mol. The minimum Gasteiger partial charge on any atom is -0.497 e. The van der Waals surface area contributed by atoms with Gasteiger partial charge in [-0.3, -0.25) is 4.79 Å². The normalized spacial score (nSPS) is 11.9. The highest BCUT2D eigenvalue weighted by Gasteiger charge is 2.16. The van der Waals surface area contributed by atoms with Crippen LogP contribution in [0.4, 0.5) is 0 Å². The molecule has 0 aliphatic heterocycles. The van der Waals surface area contributed by atoms with Gasteiger partial charge in [0.25, 0.3) is 0 Å². The Morgan fingerprint density at radius 1 is 0.941 bits per heavy atom. The van der Waals surface area contributed by atoms with Crippen LogP contribution in [-0.4, -0.2) is 29.1 Å². The molecule has 0 radical (unpaired) electrons. The van der Waals surface area contributed by atoms with Crippen molar-refractivity contribution in [2.24, 2.45) is 0 Å². The Balaban J connectivity index is 1.28. The zero-order valence-corrected chi connectivity index (χ0v) is 20.0. The summed E-state index contributed by atoms with van der Waals surface area (Å²) in [7, 11) is 1.64. The molecule has 0 fully saturated rings. The van der Waals surface area contributed by atoms with Crippen LogP contribution in [0.1, 0.15) is 49.2 Å². The predicted octanol–water partition coefficient (Wildman–Crippen LogP) is 5.73. The minimum absolute atomic E-state index is 0.0589. The van der Waals surface area contributed by atoms with Crippen LogP contribution < -0.4 is 10.1 Å². The molecule has 4 aromatic rings. The largest absolute Gasteiger partial charge is 0.497 e. The van der Waals surface area contributed by atoms with Crippen LogP contribution in [0.15, 0.2) is 78.9 Å². The van der Waals surface area contributed by atoms with E-state index in [0.29, 0.717) is 13.0 Å². The van der Waals surface area contributed by atoms with Crippen LogP contribution in [0.25, 0.3) is 11.0 Å². The molecule has 1 N–H and O–H groups in total. The molecule has 1 heterocycles. The highest BCUT2D eigenvalue weighted by atomic mass is 16.5. The van der Waals surface area contributed by atoms with E-state index in [9.17, 15) is 4.79 Å². The van der Waals surface area contributed by atoms with Crippen molar-refractivity contribution in [2.45, 2.75) is 45.1 Å². The van der Waals surface area contributed by atoms with E-state index in [1.807, 2.05) is 30.3 Å². The van der Waals surface area contributed by atoms with Gasteiger partial charge in [0, 0.05) is 13.0 Å². The number of methoxy groups -OCH3 is 1. The summed E-state index contributed by atoms with van der Waals surface area (Å²) in [6, 6.07) is 26.8. The first-order valence-electron chi connectivity index (χ1n) is 12.1. The van der Waals surface area contributed by atoms with Crippen molar-refractivity contribution < 1.29 is 9.53 Å². The lowest BCUT2D eigenvalue weighted by Gasteiger charge is -2.18. The van der Waals surface area contributed by atoms with Gasteiger partial charge in [-0.1, -0.05) is 61.0 Å². The summed E-state index contributed by atoms with van der Waals surface area (Å²) in [4.78, 5) is 17.2. The van der Waals surface area contributed by atoms with Gasteiger partial charge in [0.2, 0.25) is 5.91 Å². The Morgan fingerprint density at radius 2 is 1.68 bits per heavy atom. The number of rotatable bonds is 11. The van der Waals surface area contributed by atoms with Crippen molar-refractivity contribution in [1.29, 1.82) is 0 Å². The zero-order valence-electron chi connectivity index (χ0n) is 20.0. The van der Waals surface area contributed by atoms with E-state index in [-0.39, 0.29) is 11.9 Å². The molecule has 1 atom stereocenters. The van der Waals surface area contributed by atoms with Crippen LogP contribution in [-0.2, 0) is 17.6 Å². The Kier molecular flexibility index (Phi) is 7.97. The number of carbonyl (C=O) groups excluding carboxylic acids is 1. The fourth-order valence-electron chi connectivity index (χ4n) is 4.39. The second kappa shape index (κ2) is 11.5. The SMILES string of the molecule is COc1ccc(CC(=O)NCCCCCc2nc3ccccc3n2C(C)c2ccccc2)cc1. The molecule has 0 saturated carbocycles. The van der Waals surface area contributed by atoms with Gasteiger partial charge in [-0.2, -0.15) is 0 Å². The summed E-state index contributed by atoms with van der Waals surface area (Å²) < 4.78 is 7.54. The van der Waals surface area contributed by atoms with Crippen molar-refractivity contribution >= 4 is 16.9 Å². The Morgan fingerprint density at radius 3 is 2.44 bits per heavy atom. The van der Waals surface area contributed by atoms with Crippen LogP contribution in [0.5, 0.6) is 5.75 Å². The molecule has 4 rings (SSSR count). The van der Waals surface area contributed by atoms with Crippen LogP contribution >= 0.6 is 0 Å². The number of ether oxygens (including phenoxy) is 1. The molecule has 0 spiro atoms. The fraction of sp³-hybridized carbons (Fsp3) is 0.310. The third-order valence-corrected chi connectivity index (χ3v) is 6.26. The van der Waals surface area contributed by atoms with E-state index in [1.54, 1.807) is 7.11 Å². The monoisotopic (exact) mass is 455 g/mol. The summed E-state index contributed by atoms with van der Waals surface area (Å²) in [5, 5.41) is 3.04. The lowest BCUT2D eigenvalue weighted by molar-refractivity contribution is -0.120. The van der Waals surface area contributed by atoms with Gasteiger partial charge in [-0.25, -0.2) is 4.98 Å². The third kappa shape index (κ3) is 5.84. The van der Waals surface area contributed by atoms with E-state index >= 15 is 0 Å². The Hall–Kier alpha value is -3.60. The maximum absolute atomic E-state index is 12.2. The van der Waals surface area contributed by atoms with E-state index in [4.69, 9.17) is 9.72 Å². The molecular weight excluding hydrogens is 422 g/mol. The molecule has 5 heteroatoms. The number of aromatic nitrogens is 2. The third-order valence-electron chi connectivity index (χ3n) is 6.26. The smallest absolute Gasteiger partial charge is 0.224 e. The number of hydrogen-bond donors (Lipinski definition) is 1. The standard InChI is InChI=1S/C29H33N3O2/c1-22(24-11-5-3-6-12-24)32-27-14-9-8-13-26(27)31-28(32)15-7-4-10-20-30-29(33)21-23-16-18-25(34-2)19-17-23/h3,5-6,8-9,11-14,16-19,22H,4,7,10,15,20-21H2,1-2H3,(H,30,33). The van der Waals surface area contributed by atoms with Gasteiger partial charge in [0.1, 0.15) is 11.6 Å². The van der Waals surface area contributed by atoms with E-state index in [0.717, 1.165) is 48.3 Å². The number of fused-ring (bicyclic) bond motifs is 1. The first-order valence-corrected chi connectivity index (χ1v) is 12.1. The molecule has 1 unspecified atom stereocenters. The summed E-state index contributed by atoms with van der Waals surface area (Å²) >= 11 is 0. The first kappa shape index (κ1) is 23.6. The summed E-state index contributed by atoms with van der Waals surface area (Å²) in [5.74, 6) is 1.99. The number of carbonyl (C=O) groups is 1. The maximum atomic E-state index is 12.2. The van der Waals surface area contributed by atoms with Crippen LogP contribution in [0.2, 0.25) is 0 Å². The second-order valence-corrected chi connectivity index (χ2v) is 8.66. The molecule has 0 saturated heterocycles. The number of aryl methyl sites for hydroxylation is 1. The van der Waals surface area contributed by atoms with Crippen LogP contribution in [0.3, 0.4) is 0 Å². The van der Waals surface area contributed by atoms with Gasteiger partial charge in [0.05, 0.1) is 30.6 Å². The lowest BCUT2D eigenvalue weighted by atomic mass is 10.1. The molecule has 0 bridgehead atoms. The second-order valence-electron chi connectivity index (χ2n) is 8.66. The minimum atomic E-state index is 0.0589. The zero-order chi connectivity index (χ0) is 23.8. The van der Waals surface area contributed by atoms with Gasteiger partial charge in [-0.05, 0) is 55.2 Å². The number of nitrogens with zero attached hydrogens (tertiary/aromatic N) is 2. The van der Waals surface area contributed by atoms with Gasteiger partial charge in [-0.15, -0.1) is 0 Å². The number of para-hydroxylation sites is 2. The number of amides is 1. The average Bonchev–Trinajstić information content (AvgIpc) is 3.25. The van der Waals surface area contributed by atoms with Crippen molar-refractivity contribution in [2.75, 3.05) is 13.7 Å². The molecule has 3 aromatic carbocycles. The predicted molar refractivity (Wildman–Crippen MR) is 137 cm³/mol. The summed E-state index contributed by atoms with van der Waals surface area (Å²) in [6.45, 7) is 2.94. The molecule has 0 aliphatic rings. The van der Waals surface area contributed by atoms with Gasteiger partial charge in [0.15, 0.2) is 0 Å². The van der Waals surface area contributed by atoms with Crippen LogP contribution in [0, 0.1) is 0 Å². The summed E-state index contributed by atoms with van der Waals surface area (Å²) in [6.07, 6.45) is 4.37. The highest BCUT2D eigenvalue weighted by Crippen LogP contribution is 2.27. The van der Waals surface area contributed by atoms with Crippen molar-refractivity contribution in [3.63, 3.8) is 0 Å². The number of nitrogens with one attached hydrogen (secondary N) is 1. The molecule has 176 valence electrons. The number of imidazole rings is 1. The lowest BCUT2D eigenvalue weighted by Crippen LogP contribution is -2.26. The van der Waals surface area contributed by atoms with Crippen molar-refractivity contribution in [3.8, 4) is 5.75 Å². The number of hydrogen-bond acceptors (Lipinski definition) is 3. The molecular formula is C29H33N3O2. The molecule has 1 amide bonds. The van der Waals surface area contributed by atoms with E-state index in [2.05, 4.69) is 65.3 Å². The summed E-state index contributed by atoms with van der Waals surface area (Å²) in [5.41, 5.74) is 4.50. The topological polar surface area (TPSA) is 56.1 Å². The molecule has 0 aliphatic carbocycles. The maximum Gasteiger partial charge on any atom is 0.224 e. The van der Waals surface area contributed by atoms with E-state index < -0.39 is 0 Å². The van der Waals surface area contributed by atoms with Crippen molar-refractivity contribution in [1.82, 2.24) is 14.9 Å². The number of unbranched alkanes of at least 4 members (excludes halogenated alkanes) is 2.